The molecule has 3 N–H and O–H groups in total. The minimum Gasteiger partial charge on any atom is -0.478 e. The minimum atomic E-state index is -1.05. The maximum absolute atomic E-state index is 12.0. The van der Waals surface area contributed by atoms with Gasteiger partial charge >= 0.3 is 12.0 Å². The van der Waals surface area contributed by atoms with Crippen molar-refractivity contribution in [1.82, 2.24) is 5.32 Å². The van der Waals surface area contributed by atoms with E-state index in [4.69, 9.17) is 5.11 Å². The summed E-state index contributed by atoms with van der Waals surface area (Å²) in [5.74, 6) is -1.05. The van der Waals surface area contributed by atoms with E-state index in [9.17, 15) is 9.59 Å². The first-order valence-electron chi connectivity index (χ1n) is 7.27. The van der Waals surface area contributed by atoms with Crippen LogP contribution in [-0.2, 0) is 0 Å². The molecule has 1 saturated carbocycles. The SMILES string of the molecule is CC1(C)CCC(NC(=O)Nc2ccccc2C(=O)O)CC1. The average molecular weight is 290 g/mol. The van der Waals surface area contributed by atoms with Gasteiger partial charge in [0.25, 0.3) is 0 Å². The normalized spacial score (nSPS) is 18.0. The van der Waals surface area contributed by atoms with Crippen LogP contribution in [0.4, 0.5) is 10.5 Å². The van der Waals surface area contributed by atoms with E-state index in [1.165, 1.54) is 6.07 Å². The molecule has 0 saturated heterocycles. The number of hydrogen-bond acceptors (Lipinski definition) is 2. The van der Waals surface area contributed by atoms with Gasteiger partial charge in [-0.15, -0.1) is 0 Å². The third-order valence-electron chi connectivity index (χ3n) is 4.08. The van der Waals surface area contributed by atoms with Crippen LogP contribution in [-0.4, -0.2) is 23.1 Å². The molecule has 21 heavy (non-hydrogen) atoms. The molecular formula is C16H22N2O3. The number of carbonyl (C=O) groups is 2. The van der Waals surface area contributed by atoms with Gasteiger partial charge in [-0.3, -0.25) is 0 Å². The number of anilines is 1. The van der Waals surface area contributed by atoms with Gasteiger partial charge in [0.2, 0.25) is 0 Å². The van der Waals surface area contributed by atoms with E-state index in [1.807, 2.05) is 0 Å². The Kier molecular flexibility index (Phi) is 4.50. The molecular weight excluding hydrogens is 268 g/mol. The Morgan fingerprint density at radius 3 is 2.43 bits per heavy atom. The van der Waals surface area contributed by atoms with Crippen molar-refractivity contribution in [1.29, 1.82) is 0 Å². The summed E-state index contributed by atoms with van der Waals surface area (Å²) < 4.78 is 0. The van der Waals surface area contributed by atoms with Crippen LogP contribution in [0.2, 0.25) is 0 Å². The van der Waals surface area contributed by atoms with Crippen LogP contribution in [0.5, 0.6) is 0 Å². The Bertz CT molecular complexity index is 530. The third-order valence-corrected chi connectivity index (χ3v) is 4.08. The first-order chi connectivity index (χ1) is 9.87. The third kappa shape index (κ3) is 4.21. The van der Waals surface area contributed by atoms with Crippen LogP contribution in [0.25, 0.3) is 0 Å². The first kappa shape index (κ1) is 15.4. The van der Waals surface area contributed by atoms with Gasteiger partial charge < -0.3 is 15.7 Å². The van der Waals surface area contributed by atoms with E-state index in [1.54, 1.807) is 18.2 Å². The van der Waals surface area contributed by atoms with Crippen molar-refractivity contribution in [3.8, 4) is 0 Å². The highest BCUT2D eigenvalue weighted by atomic mass is 16.4. The monoisotopic (exact) mass is 290 g/mol. The molecule has 0 heterocycles. The molecule has 0 aliphatic heterocycles. The average Bonchev–Trinajstić information content (AvgIpc) is 2.41. The van der Waals surface area contributed by atoms with Crippen LogP contribution in [0.15, 0.2) is 24.3 Å². The number of urea groups is 1. The zero-order valence-corrected chi connectivity index (χ0v) is 12.5. The maximum atomic E-state index is 12.0. The van der Waals surface area contributed by atoms with Crippen LogP contribution in [0.1, 0.15) is 49.9 Å². The van der Waals surface area contributed by atoms with Gasteiger partial charge in [0.05, 0.1) is 11.3 Å². The van der Waals surface area contributed by atoms with Crippen LogP contribution >= 0.6 is 0 Å². The maximum Gasteiger partial charge on any atom is 0.337 e. The lowest BCUT2D eigenvalue weighted by atomic mass is 9.76. The summed E-state index contributed by atoms with van der Waals surface area (Å²) >= 11 is 0. The Balaban J connectivity index is 1.92. The number of aromatic carboxylic acids is 1. The fraction of sp³-hybridized carbons (Fsp3) is 0.500. The summed E-state index contributed by atoms with van der Waals surface area (Å²) in [6.45, 7) is 4.48. The number of hydrogen-bond donors (Lipinski definition) is 3. The van der Waals surface area contributed by atoms with E-state index >= 15 is 0 Å². The Labute approximate surface area is 124 Å². The number of carbonyl (C=O) groups excluding carboxylic acids is 1. The lowest BCUT2D eigenvalue weighted by molar-refractivity contribution is 0.0698. The van der Waals surface area contributed by atoms with Gasteiger partial charge in [0, 0.05) is 6.04 Å². The molecule has 114 valence electrons. The minimum absolute atomic E-state index is 0.0948. The Morgan fingerprint density at radius 2 is 1.81 bits per heavy atom. The summed E-state index contributed by atoms with van der Waals surface area (Å²) in [7, 11) is 0. The van der Waals surface area contributed by atoms with E-state index in [-0.39, 0.29) is 17.6 Å². The van der Waals surface area contributed by atoms with Crippen molar-refractivity contribution in [3.05, 3.63) is 29.8 Å². The second kappa shape index (κ2) is 6.16. The van der Waals surface area contributed by atoms with Gasteiger partial charge in [-0.05, 0) is 43.2 Å². The van der Waals surface area contributed by atoms with Crippen molar-refractivity contribution >= 4 is 17.7 Å². The molecule has 1 aliphatic carbocycles. The van der Waals surface area contributed by atoms with Crippen molar-refractivity contribution in [2.45, 2.75) is 45.6 Å². The van der Waals surface area contributed by atoms with Gasteiger partial charge in [0.15, 0.2) is 0 Å². The number of benzene rings is 1. The fourth-order valence-electron chi connectivity index (χ4n) is 2.67. The van der Waals surface area contributed by atoms with E-state index in [0.717, 1.165) is 25.7 Å². The molecule has 0 unspecified atom stereocenters. The summed E-state index contributed by atoms with van der Waals surface area (Å²) in [5.41, 5.74) is 0.765. The van der Waals surface area contributed by atoms with Crippen molar-refractivity contribution < 1.29 is 14.7 Å². The molecule has 2 rings (SSSR count). The van der Waals surface area contributed by atoms with Crippen LogP contribution in [0, 0.1) is 5.41 Å². The standard InChI is InChI=1S/C16H22N2O3/c1-16(2)9-7-11(8-10-16)17-15(21)18-13-6-4-3-5-12(13)14(19)20/h3-6,11H,7-10H2,1-2H3,(H,19,20)(H2,17,18,21). The largest absolute Gasteiger partial charge is 0.478 e. The van der Waals surface area contributed by atoms with E-state index in [0.29, 0.717) is 11.1 Å². The van der Waals surface area contributed by atoms with Gasteiger partial charge in [-0.2, -0.15) is 0 Å². The molecule has 2 amide bonds. The second-order valence-corrected chi connectivity index (χ2v) is 6.39. The summed E-state index contributed by atoms with van der Waals surface area (Å²) in [4.78, 5) is 23.1. The molecule has 0 atom stereocenters. The molecule has 5 nitrogen and oxygen atoms in total. The van der Waals surface area contributed by atoms with Crippen molar-refractivity contribution in [2.75, 3.05) is 5.32 Å². The Hall–Kier alpha value is -2.04. The molecule has 0 radical (unpaired) electrons. The first-order valence-corrected chi connectivity index (χ1v) is 7.27. The summed E-state index contributed by atoms with van der Waals surface area (Å²) in [6.07, 6.45) is 4.09. The molecule has 0 spiro atoms. The predicted molar refractivity (Wildman–Crippen MR) is 81.6 cm³/mol. The molecule has 1 fully saturated rings. The van der Waals surface area contributed by atoms with Crippen LogP contribution < -0.4 is 10.6 Å². The predicted octanol–water partition coefficient (Wildman–Crippen LogP) is 3.48. The smallest absolute Gasteiger partial charge is 0.337 e. The lowest BCUT2D eigenvalue weighted by Gasteiger charge is -2.34. The molecule has 0 aromatic heterocycles. The number of nitrogens with one attached hydrogen (secondary N) is 2. The highest BCUT2D eigenvalue weighted by molar-refractivity contribution is 5.99. The lowest BCUT2D eigenvalue weighted by Crippen LogP contribution is -2.41. The number of rotatable bonds is 3. The van der Waals surface area contributed by atoms with E-state index in [2.05, 4.69) is 24.5 Å². The number of para-hydroxylation sites is 1. The van der Waals surface area contributed by atoms with Gasteiger partial charge in [-0.1, -0.05) is 26.0 Å². The topological polar surface area (TPSA) is 78.4 Å². The molecule has 1 aromatic rings. The molecule has 5 heteroatoms. The number of amides is 2. The summed E-state index contributed by atoms with van der Waals surface area (Å²) in [5, 5.41) is 14.6. The number of carboxylic acid groups (broad SMARTS) is 1. The van der Waals surface area contributed by atoms with Crippen molar-refractivity contribution in [2.24, 2.45) is 5.41 Å². The fourth-order valence-corrected chi connectivity index (χ4v) is 2.67. The van der Waals surface area contributed by atoms with E-state index < -0.39 is 5.97 Å². The molecule has 1 aliphatic rings. The summed E-state index contributed by atoms with van der Waals surface area (Å²) in [6, 6.07) is 6.22. The van der Waals surface area contributed by atoms with Crippen LogP contribution in [0.3, 0.4) is 0 Å². The molecule has 1 aromatic carbocycles. The molecule has 0 bridgehead atoms. The number of carboxylic acids is 1. The highest BCUT2D eigenvalue weighted by Gasteiger charge is 2.27. The Morgan fingerprint density at radius 1 is 1.19 bits per heavy atom. The second-order valence-electron chi connectivity index (χ2n) is 6.39. The van der Waals surface area contributed by atoms with Gasteiger partial charge in [0.1, 0.15) is 0 Å². The quantitative estimate of drug-likeness (QED) is 0.797. The van der Waals surface area contributed by atoms with Gasteiger partial charge in [-0.25, -0.2) is 9.59 Å². The zero-order valence-electron chi connectivity index (χ0n) is 12.5. The highest BCUT2D eigenvalue weighted by Crippen LogP contribution is 2.35. The zero-order chi connectivity index (χ0) is 15.5. The van der Waals surface area contributed by atoms with Crippen molar-refractivity contribution in [3.63, 3.8) is 0 Å².